The predicted molar refractivity (Wildman–Crippen MR) is 126 cm³/mol. The number of carbonyl (C=O) groups excluding carboxylic acids is 3. The number of allylic oxidation sites excluding steroid dienone is 2. The van der Waals surface area contributed by atoms with Gasteiger partial charge in [-0.15, -0.1) is 0 Å². The van der Waals surface area contributed by atoms with Crippen LogP contribution in [0.3, 0.4) is 0 Å². The third-order valence-corrected chi connectivity index (χ3v) is 6.73. The van der Waals surface area contributed by atoms with Gasteiger partial charge in [-0.2, -0.15) is 13.2 Å². The number of ether oxygens (including phenoxy) is 2. The minimum atomic E-state index is -4.51. The lowest BCUT2D eigenvalue weighted by atomic mass is 9.62. The summed E-state index contributed by atoms with van der Waals surface area (Å²) in [6.45, 7) is 5.43. The lowest BCUT2D eigenvalue weighted by Crippen LogP contribution is -2.43. The molecule has 0 bridgehead atoms. The van der Waals surface area contributed by atoms with Gasteiger partial charge in [0.05, 0.1) is 19.6 Å². The zero-order valence-corrected chi connectivity index (χ0v) is 21.3. The second-order valence-corrected chi connectivity index (χ2v) is 11.4. The zero-order chi connectivity index (χ0) is 27.1. The van der Waals surface area contributed by atoms with Gasteiger partial charge in [0, 0.05) is 42.7 Å². The first kappa shape index (κ1) is 27.9. The Morgan fingerprint density at radius 1 is 1.00 bits per heavy atom. The molecule has 2 aliphatic rings. The van der Waals surface area contributed by atoms with Crippen LogP contribution in [0.15, 0.2) is 29.5 Å². The Balaban J connectivity index is 2.12. The summed E-state index contributed by atoms with van der Waals surface area (Å²) in [6, 6.07) is 4.57. The maximum atomic E-state index is 13.3. The Hall–Kier alpha value is -2.68. The number of carbonyl (C=O) groups is 3. The van der Waals surface area contributed by atoms with Gasteiger partial charge in [0.25, 0.3) is 0 Å². The number of aliphatic hydroxyl groups excluding tert-OH is 1. The summed E-state index contributed by atoms with van der Waals surface area (Å²) >= 11 is 0. The summed E-state index contributed by atoms with van der Waals surface area (Å²) in [4.78, 5) is 39.9. The van der Waals surface area contributed by atoms with Crippen LogP contribution >= 0.6 is 0 Å². The van der Waals surface area contributed by atoms with Gasteiger partial charge < -0.3 is 14.6 Å². The molecule has 0 saturated heterocycles. The number of ketones is 3. The molecule has 0 spiro atoms. The predicted octanol–water partition coefficient (Wildman–Crippen LogP) is 5.63. The topological polar surface area (TPSA) is 89.9 Å². The molecule has 1 atom stereocenters. The van der Waals surface area contributed by atoms with Gasteiger partial charge in [-0.1, -0.05) is 33.8 Å². The highest BCUT2D eigenvalue weighted by Crippen LogP contribution is 2.48. The number of aliphatic hydroxyl groups is 1. The molecule has 1 fully saturated rings. The van der Waals surface area contributed by atoms with Crippen LogP contribution in [0.2, 0.25) is 0 Å². The third-order valence-electron chi connectivity index (χ3n) is 6.73. The molecular weight excluding hydrogens is 477 g/mol. The van der Waals surface area contributed by atoms with Crippen LogP contribution in [0, 0.1) is 16.7 Å². The minimum absolute atomic E-state index is 0.0213. The van der Waals surface area contributed by atoms with Gasteiger partial charge >= 0.3 is 6.18 Å². The van der Waals surface area contributed by atoms with Gasteiger partial charge in [0.15, 0.2) is 5.78 Å². The first-order valence-electron chi connectivity index (χ1n) is 11.9. The van der Waals surface area contributed by atoms with Crippen molar-refractivity contribution in [2.75, 3.05) is 13.7 Å². The number of Topliss-reactive ketones (excluding diaryl/α,β-unsaturated/α-hetero) is 3. The van der Waals surface area contributed by atoms with Crippen LogP contribution in [0.5, 0.6) is 5.75 Å². The molecule has 0 aliphatic heterocycles. The van der Waals surface area contributed by atoms with Crippen molar-refractivity contribution < 1.29 is 42.1 Å². The highest BCUT2D eigenvalue weighted by atomic mass is 19.4. The van der Waals surface area contributed by atoms with Crippen molar-refractivity contribution in [1.29, 1.82) is 0 Å². The van der Waals surface area contributed by atoms with Crippen LogP contribution in [-0.2, 0) is 25.7 Å². The molecule has 0 aromatic heterocycles. The average molecular weight is 511 g/mol. The summed E-state index contributed by atoms with van der Waals surface area (Å²) in [5.41, 5.74) is -0.367. The summed E-state index contributed by atoms with van der Waals surface area (Å²) in [5, 5.41) is 11.0. The van der Waals surface area contributed by atoms with Gasteiger partial charge in [0.1, 0.15) is 29.7 Å². The van der Waals surface area contributed by atoms with E-state index in [1.54, 1.807) is 6.07 Å². The maximum Gasteiger partial charge on any atom is 0.411 e. The van der Waals surface area contributed by atoms with Crippen molar-refractivity contribution >= 4 is 17.3 Å². The highest BCUT2D eigenvalue weighted by molar-refractivity contribution is 6.09. The van der Waals surface area contributed by atoms with E-state index in [-0.39, 0.29) is 65.7 Å². The quantitative estimate of drug-likeness (QED) is 0.478. The van der Waals surface area contributed by atoms with Crippen molar-refractivity contribution in [3.63, 3.8) is 0 Å². The largest absolute Gasteiger partial charge is 0.512 e. The maximum absolute atomic E-state index is 13.3. The van der Waals surface area contributed by atoms with E-state index in [2.05, 4.69) is 0 Å². The number of hydrogen-bond donors (Lipinski definition) is 1. The van der Waals surface area contributed by atoms with Gasteiger partial charge in [-0.05, 0) is 28.5 Å². The van der Waals surface area contributed by atoms with E-state index >= 15 is 0 Å². The van der Waals surface area contributed by atoms with E-state index in [1.807, 2.05) is 27.7 Å². The molecule has 9 heteroatoms. The van der Waals surface area contributed by atoms with Gasteiger partial charge in [-0.3, -0.25) is 14.4 Å². The van der Waals surface area contributed by atoms with Crippen LogP contribution in [-0.4, -0.2) is 42.3 Å². The molecule has 2 aliphatic carbocycles. The van der Waals surface area contributed by atoms with E-state index in [9.17, 15) is 32.7 Å². The average Bonchev–Trinajstić information content (AvgIpc) is 2.69. The molecule has 1 N–H and O–H groups in total. The van der Waals surface area contributed by atoms with Gasteiger partial charge in [-0.25, -0.2) is 0 Å². The van der Waals surface area contributed by atoms with Crippen molar-refractivity contribution in [3.05, 3.63) is 40.7 Å². The first-order chi connectivity index (χ1) is 16.5. The van der Waals surface area contributed by atoms with Crippen molar-refractivity contribution in [1.82, 2.24) is 0 Å². The minimum Gasteiger partial charge on any atom is -0.512 e. The fourth-order valence-corrected chi connectivity index (χ4v) is 5.34. The molecule has 0 unspecified atom stereocenters. The van der Waals surface area contributed by atoms with E-state index < -0.39 is 42.1 Å². The molecule has 6 nitrogen and oxygen atoms in total. The standard InChI is InChI=1S/C27H33F3O6/c1-25(2)9-17(31)23(18(32)10-25)22(24-19(33)11-26(3,4)12-20(24)34)15-6-7-21(35-5)16(8-15)13-36-14-27(28,29)30/h6-8,22-23,33H,9-14H2,1-5H3/t22-/m1/s1. The van der Waals surface area contributed by atoms with E-state index in [0.29, 0.717) is 5.56 Å². The normalized spacial score (nSPS) is 21.6. The van der Waals surface area contributed by atoms with Crippen LogP contribution in [0.1, 0.15) is 70.4 Å². The van der Waals surface area contributed by atoms with Gasteiger partial charge in [0.2, 0.25) is 0 Å². The summed E-state index contributed by atoms with van der Waals surface area (Å²) in [7, 11) is 1.36. The van der Waals surface area contributed by atoms with Crippen molar-refractivity contribution in [2.24, 2.45) is 16.7 Å². The third kappa shape index (κ3) is 6.35. The molecule has 1 aromatic rings. The summed E-state index contributed by atoms with van der Waals surface area (Å²) in [6.07, 6.45) is -3.93. The smallest absolute Gasteiger partial charge is 0.411 e. The number of halogens is 3. The van der Waals surface area contributed by atoms with Crippen molar-refractivity contribution in [2.45, 2.75) is 72.1 Å². The van der Waals surface area contributed by atoms with E-state index in [4.69, 9.17) is 9.47 Å². The second-order valence-electron chi connectivity index (χ2n) is 11.4. The molecular formula is C27H33F3O6. The Morgan fingerprint density at radius 3 is 2.11 bits per heavy atom. The first-order valence-corrected chi connectivity index (χ1v) is 11.9. The second kappa shape index (κ2) is 10.00. The number of rotatable bonds is 7. The molecule has 0 amide bonds. The van der Waals surface area contributed by atoms with E-state index in [1.165, 1.54) is 19.2 Å². The van der Waals surface area contributed by atoms with E-state index in [0.717, 1.165) is 0 Å². The molecule has 36 heavy (non-hydrogen) atoms. The number of hydrogen-bond acceptors (Lipinski definition) is 6. The Morgan fingerprint density at radius 2 is 1.58 bits per heavy atom. The Kier molecular flexibility index (Phi) is 7.75. The number of benzene rings is 1. The Labute approximate surface area is 208 Å². The fourth-order valence-electron chi connectivity index (χ4n) is 5.34. The number of alkyl halides is 3. The van der Waals surface area contributed by atoms with Crippen LogP contribution in [0.4, 0.5) is 13.2 Å². The zero-order valence-electron chi connectivity index (χ0n) is 21.3. The summed E-state index contributed by atoms with van der Waals surface area (Å²) in [5.74, 6) is -3.16. The molecule has 198 valence electrons. The molecule has 0 heterocycles. The van der Waals surface area contributed by atoms with Crippen LogP contribution < -0.4 is 4.74 Å². The van der Waals surface area contributed by atoms with Crippen LogP contribution in [0.25, 0.3) is 0 Å². The Bertz CT molecular complexity index is 1060. The van der Waals surface area contributed by atoms with Crippen molar-refractivity contribution in [3.8, 4) is 5.75 Å². The number of methoxy groups -OCH3 is 1. The SMILES string of the molecule is COc1ccc([C@@H](C2=C(O)CC(C)(C)CC2=O)C2C(=O)CC(C)(C)CC2=O)cc1COCC(F)(F)F. The molecule has 1 saturated carbocycles. The lowest BCUT2D eigenvalue weighted by molar-refractivity contribution is -0.176. The molecule has 3 rings (SSSR count). The molecule has 0 radical (unpaired) electrons. The highest BCUT2D eigenvalue weighted by Gasteiger charge is 2.48. The lowest BCUT2D eigenvalue weighted by Gasteiger charge is -2.39. The summed E-state index contributed by atoms with van der Waals surface area (Å²) < 4.78 is 48.0. The fraction of sp³-hybridized carbons (Fsp3) is 0.593. The molecule has 1 aromatic carbocycles. The monoisotopic (exact) mass is 510 g/mol.